The van der Waals surface area contributed by atoms with Gasteiger partial charge in [0.25, 0.3) is 0 Å². The first-order valence-corrected chi connectivity index (χ1v) is 6.50. The number of hydrogen-bond acceptors (Lipinski definition) is 4. The van der Waals surface area contributed by atoms with E-state index in [0.29, 0.717) is 18.8 Å². The second-order valence-corrected chi connectivity index (χ2v) is 4.56. The summed E-state index contributed by atoms with van der Waals surface area (Å²) in [7, 11) is 0. The highest BCUT2D eigenvalue weighted by atomic mass is 16.5. The maximum atomic E-state index is 11.2. The van der Waals surface area contributed by atoms with Crippen molar-refractivity contribution < 1.29 is 14.3 Å². The molecule has 0 radical (unpaired) electrons. The molecule has 0 aromatic rings. The van der Waals surface area contributed by atoms with Gasteiger partial charge in [-0.2, -0.15) is 0 Å². The lowest BCUT2D eigenvalue weighted by Crippen LogP contribution is -2.48. The Labute approximate surface area is 103 Å². The first kappa shape index (κ1) is 12.6. The number of hydrogen-bond donors (Lipinski definition) is 0. The van der Waals surface area contributed by atoms with Crippen molar-refractivity contribution in [3.8, 4) is 0 Å². The Hall–Kier alpha value is -0.870. The molecule has 0 amide bonds. The average molecular weight is 239 g/mol. The molecule has 2 atom stereocenters. The molecule has 0 aromatic carbocycles. The van der Waals surface area contributed by atoms with E-state index in [0.717, 1.165) is 19.7 Å². The molecule has 17 heavy (non-hydrogen) atoms. The maximum absolute atomic E-state index is 11.2. The van der Waals surface area contributed by atoms with Crippen LogP contribution in [0.25, 0.3) is 0 Å². The molecule has 2 rings (SSSR count). The quantitative estimate of drug-likeness (QED) is 0.548. The Bertz CT molecular complexity index is 290. The van der Waals surface area contributed by atoms with Gasteiger partial charge in [0.05, 0.1) is 19.3 Å². The molecule has 1 aliphatic carbocycles. The summed E-state index contributed by atoms with van der Waals surface area (Å²) in [4.78, 5) is 13.6. The fraction of sp³-hybridized carbons (Fsp3) is 0.769. The predicted octanol–water partition coefficient (Wildman–Crippen LogP) is 1.36. The van der Waals surface area contributed by atoms with Gasteiger partial charge in [-0.15, -0.1) is 0 Å². The molecule has 4 heteroatoms. The van der Waals surface area contributed by atoms with Gasteiger partial charge in [-0.05, 0) is 26.2 Å². The summed E-state index contributed by atoms with van der Waals surface area (Å²) in [6, 6.07) is 0.551. The molecule has 1 heterocycles. The van der Waals surface area contributed by atoms with E-state index in [-0.39, 0.29) is 5.97 Å². The highest BCUT2D eigenvalue weighted by molar-refractivity contribution is 5.81. The molecule has 1 saturated heterocycles. The fourth-order valence-electron chi connectivity index (χ4n) is 2.71. The lowest BCUT2D eigenvalue weighted by atomic mass is 10.1. The van der Waals surface area contributed by atoms with E-state index in [1.54, 1.807) is 0 Å². The summed E-state index contributed by atoms with van der Waals surface area (Å²) >= 11 is 0. The molecule has 4 nitrogen and oxygen atoms in total. The zero-order chi connectivity index (χ0) is 12.1. The zero-order valence-electron chi connectivity index (χ0n) is 10.4. The normalized spacial score (nSPS) is 29.5. The fourth-order valence-corrected chi connectivity index (χ4v) is 2.71. The SMILES string of the molecule is CCOC(=O)/C=C/CN1CCOC2CCCC21. The van der Waals surface area contributed by atoms with Crippen LogP contribution in [0.1, 0.15) is 26.2 Å². The summed E-state index contributed by atoms with van der Waals surface area (Å²) in [6.07, 6.45) is 7.51. The molecule has 0 aromatic heterocycles. The van der Waals surface area contributed by atoms with E-state index in [2.05, 4.69) is 4.90 Å². The van der Waals surface area contributed by atoms with Crippen molar-refractivity contribution in [3.63, 3.8) is 0 Å². The molecule has 0 bridgehead atoms. The number of carbonyl (C=O) groups excluding carboxylic acids is 1. The molecular weight excluding hydrogens is 218 g/mol. The number of fused-ring (bicyclic) bond motifs is 1. The number of morpholine rings is 1. The van der Waals surface area contributed by atoms with Crippen LogP contribution >= 0.6 is 0 Å². The van der Waals surface area contributed by atoms with E-state index in [1.165, 1.54) is 25.3 Å². The molecule has 0 spiro atoms. The van der Waals surface area contributed by atoms with Crippen molar-refractivity contribution in [2.24, 2.45) is 0 Å². The van der Waals surface area contributed by atoms with Crippen molar-refractivity contribution in [1.82, 2.24) is 4.90 Å². The third kappa shape index (κ3) is 3.30. The summed E-state index contributed by atoms with van der Waals surface area (Å²) in [6.45, 7) is 4.86. The van der Waals surface area contributed by atoms with Crippen LogP contribution in [0.3, 0.4) is 0 Å². The average Bonchev–Trinajstić information content (AvgIpc) is 2.78. The van der Waals surface area contributed by atoms with Crippen LogP contribution in [0, 0.1) is 0 Å². The summed E-state index contributed by atoms with van der Waals surface area (Å²) in [5.41, 5.74) is 0. The van der Waals surface area contributed by atoms with Crippen molar-refractivity contribution in [3.05, 3.63) is 12.2 Å². The van der Waals surface area contributed by atoms with E-state index in [1.807, 2.05) is 13.0 Å². The summed E-state index contributed by atoms with van der Waals surface area (Å²) in [5.74, 6) is -0.247. The standard InChI is InChI=1S/C13H21NO3/c1-2-16-13(15)7-4-8-14-9-10-17-12-6-3-5-11(12)14/h4,7,11-12H,2-3,5-6,8-10H2,1H3/b7-4+. The maximum Gasteiger partial charge on any atom is 0.330 e. The van der Waals surface area contributed by atoms with Gasteiger partial charge in [0.2, 0.25) is 0 Å². The van der Waals surface area contributed by atoms with Crippen molar-refractivity contribution >= 4 is 5.97 Å². The first-order chi connectivity index (χ1) is 8.31. The molecule has 2 unspecified atom stereocenters. The lowest BCUT2D eigenvalue weighted by molar-refractivity contribution is -0.137. The Morgan fingerprint density at radius 2 is 2.41 bits per heavy atom. The minimum atomic E-state index is -0.247. The second-order valence-electron chi connectivity index (χ2n) is 4.56. The van der Waals surface area contributed by atoms with Gasteiger partial charge >= 0.3 is 5.97 Å². The van der Waals surface area contributed by atoms with E-state index in [9.17, 15) is 4.79 Å². The number of esters is 1. The Morgan fingerprint density at radius 3 is 3.24 bits per heavy atom. The van der Waals surface area contributed by atoms with Gasteiger partial charge in [0, 0.05) is 25.2 Å². The minimum Gasteiger partial charge on any atom is -0.463 e. The Kier molecular flexibility index (Phi) is 4.57. The van der Waals surface area contributed by atoms with Crippen LogP contribution in [-0.2, 0) is 14.3 Å². The molecule has 2 fully saturated rings. The number of rotatable bonds is 4. The van der Waals surface area contributed by atoms with Crippen LogP contribution in [0.15, 0.2) is 12.2 Å². The van der Waals surface area contributed by atoms with Crippen molar-refractivity contribution in [1.29, 1.82) is 0 Å². The van der Waals surface area contributed by atoms with Crippen LogP contribution in [0.4, 0.5) is 0 Å². The van der Waals surface area contributed by atoms with Crippen molar-refractivity contribution in [2.45, 2.75) is 38.3 Å². The van der Waals surface area contributed by atoms with Gasteiger partial charge < -0.3 is 9.47 Å². The first-order valence-electron chi connectivity index (χ1n) is 6.50. The topological polar surface area (TPSA) is 38.8 Å². The van der Waals surface area contributed by atoms with E-state index >= 15 is 0 Å². The van der Waals surface area contributed by atoms with Gasteiger partial charge in [-0.25, -0.2) is 4.79 Å². The Morgan fingerprint density at radius 1 is 1.53 bits per heavy atom. The number of ether oxygens (including phenoxy) is 2. The largest absolute Gasteiger partial charge is 0.463 e. The zero-order valence-corrected chi connectivity index (χ0v) is 10.4. The molecule has 0 N–H and O–H groups in total. The lowest BCUT2D eigenvalue weighted by Gasteiger charge is -2.36. The summed E-state index contributed by atoms with van der Waals surface area (Å²) in [5, 5.41) is 0. The molecule has 1 saturated carbocycles. The van der Waals surface area contributed by atoms with Crippen LogP contribution in [-0.4, -0.2) is 49.3 Å². The highest BCUT2D eigenvalue weighted by Gasteiger charge is 2.35. The van der Waals surface area contributed by atoms with Crippen LogP contribution in [0.5, 0.6) is 0 Å². The van der Waals surface area contributed by atoms with Crippen LogP contribution < -0.4 is 0 Å². The van der Waals surface area contributed by atoms with E-state index in [4.69, 9.17) is 9.47 Å². The minimum absolute atomic E-state index is 0.247. The van der Waals surface area contributed by atoms with Gasteiger partial charge in [0.15, 0.2) is 0 Å². The third-order valence-electron chi connectivity index (χ3n) is 3.48. The summed E-state index contributed by atoms with van der Waals surface area (Å²) < 4.78 is 10.6. The van der Waals surface area contributed by atoms with Gasteiger partial charge in [-0.1, -0.05) is 6.08 Å². The second kappa shape index (κ2) is 6.17. The molecule has 1 aliphatic heterocycles. The number of carbonyl (C=O) groups is 1. The van der Waals surface area contributed by atoms with Crippen molar-refractivity contribution in [2.75, 3.05) is 26.3 Å². The van der Waals surface area contributed by atoms with Gasteiger partial charge in [-0.3, -0.25) is 4.90 Å². The smallest absolute Gasteiger partial charge is 0.330 e. The number of nitrogens with zero attached hydrogens (tertiary/aromatic N) is 1. The molecular formula is C13H21NO3. The van der Waals surface area contributed by atoms with E-state index < -0.39 is 0 Å². The van der Waals surface area contributed by atoms with Gasteiger partial charge in [0.1, 0.15) is 0 Å². The predicted molar refractivity (Wildman–Crippen MR) is 64.7 cm³/mol. The van der Waals surface area contributed by atoms with Crippen LogP contribution in [0.2, 0.25) is 0 Å². The monoisotopic (exact) mass is 239 g/mol. The Balaban J connectivity index is 1.80. The highest BCUT2D eigenvalue weighted by Crippen LogP contribution is 2.29. The molecule has 96 valence electrons. The third-order valence-corrected chi connectivity index (χ3v) is 3.48. The molecule has 2 aliphatic rings.